The summed E-state index contributed by atoms with van der Waals surface area (Å²) in [5.74, 6) is 0.955. The van der Waals surface area contributed by atoms with Crippen molar-refractivity contribution in [2.75, 3.05) is 13.7 Å². The minimum Gasteiger partial charge on any atom is -0.496 e. The highest BCUT2D eigenvalue weighted by atomic mass is 32.1. The van der Waals surface area contributed by atoms with Crippen LogP contribution in [0.4, 0.5) is 0 Å². The van der Waals surface area contributed by atoms with Crippen molar-refractivity contribution >= 4 is 11.3 Å². The molecule has 0 spiro atoms. The van der Waals surface area contributed by atoms with Gasteiger partial charge in [-0.1, -0.05) is 24.3 Å². The van der Waals surface area contributed by atoms with Gasteiger partial charge in [-0.05, 0) is 23.9 Å². The zero-order chi connectivity index (χ0) is 11.9. The Kier molecular flexibility index (Phi) is 4.59. The minimum atomic E-state index is 0.857. The molecule has 0 amide bonds. The molecule has 0 aliphatic carbocycles. The summed E-state index contributed by atoms with van der Waals surface area (Å²) in [6, 6.07) is 12.4. The molecule has 2 aromatic rings. The van der Waals surface area contributed by atoms with Gasteiger partial charge in [-0.3, -0.25) is 0 Å². The molecule has 0 saturated heterocycles. The van der Waals surface area contributed by atoms with Crippen molar-refractivity contribution in [2.45, 2.75) is 13.0 Å². The predicted octanol–water partition coefficient (Wildman–Crippen LogP) is 3.09. The van der Waals surface area contributed by atoms with Crippen LogP contribution in [0.3, 0.4) is 0 Å². The molecule has 0 radical (unpaired) electrons. The van der Waals surface area contributed by atoms with Crippen molar-refractivity contribution in [2.24, 2.45) is 0 Å². The molecule has 0 aliphatic heterocycles. The summed E-state index contributed by atoms with van der Waals surface area (Å²) < 4.78 is 5.31. The summed E-state index contributed by atoms with van der Waals surface area (Å²) in [6.45, 7) is 1.86. The fraction of sp³-hybridized carbons (Fsp3) is 0.286. The van der Waals surface area contributed by atoms with E-state index in [9.17, 15) is 0 Å². The van der Waals surface area contributed by atoms with E-state index < -0.39 is 0 Å². The summed E-state index contributed by atoms with van der Waals surface area (Å²) in [5, 5.41) is 5.56. The smallest absolute Gasteiger partial charge is 0.123 e. The van der Waals surface area contributed by atoms with Crippen LogP contribution in [0.15, 0.2) is 41.8 Å². The molecule has 1 heterocycles. The van der Waals surface area contributed by atoms with Crippen LogP contribution in [0.5, 0.6) is 5.75 Å². The molecule has 1 aromatic carbocycles. The van der Waals surface area contributed by atoms with E-state index >= 15 is 0 Å². The summed E-state index contributed by atoms with van der Waals surface area (Å²) >= 11 is 1.81. The highest BCUT2D eigenvalue weighted by Gasteiger charge is 2.00. The maximum Gasteiger partial charge on any atom is 0.123 e. The molecule has 0 bridgehead atoms. The molecule has 90 valence electrons. The Balaban J connectivity index is 1.78. The van der Waals surface area contributed by atoms with Crippen molar-refractivity contribution in [3.8, 4) is 5.75 Å². The Morgan fingerprint density at radius 3 is 2.82 bits per heavy atom. The summed E-state index contributed by atoms with van der Waals surface area (Å²) in [4.78, 5) is 1.43. The number of thiophene rings is 1. The van der Waals surface area contributed by atoms with E-state index in [1.54, 1.807) is 7.11 Å². The maximum atomic E-state index is 5.31. The Morgan fingerprint density at radius 1 is 1.18 bits per heavy atom. The minimum absolute atomic E-state index is 0.857. The first-order chi connectivity index (χ1) is 8.40. The molecule has 1 N–H and O–H groups in total. The first-order valence-corrected chi connectivity index (χ1v) is 6.63. The third kappa shape index (κ3) is 3.58. The van der Waals surface area contributed by atoms with Crippen molar-refractivity contribution in [3.63, 3.8) is 0 Å². The van der Waals surface area contributed by atoms with Crippen LogP contribution in [0.1, 0.15) is 10.4 Å². The standard InChI is InChI=1S/C14H17NOS/c1-16-14-7-3-2-5-12(14)11-15-9-8-13-6-4-10-17-13/h2-7,10,15H,8-9,11H2,1H3. The highest BCUT2D eigenvalue weighted by molar-refractivity contribution is 7.09. The molecule has 0 aliphatic rings. The molecule has 0 saturated carbocycles. The third-order valence-electron chi connectivity index (χ3n) is 2.64. The second-order valence-electron chi connectivity index (χ2n) is 3.82. The van der Waals surface area contributed by atoms with Crippen LogP contribution in [0.25, 0.3) is 0 Å². The first kappa shape index (κ1) is 12.1. The van der Waals surface area contributed by atoms with E-state index in [1.165, 1.54) is 10.4 Å². The molecule has 1 aromatic heterocycles. The molecule has 0 fully saturated rings. The van der Waals surface area contributed by atoms with Gasteiger partial charge in [-0.15, -0.1) is 11.3 Å². The predicted molar refractivity (Wildman–Crippen MR) is 72.7 cm³/mol. The lowest BCUT2D eigenvalue weighted by molar-refractivity contribution is 0.408. The van der Waals surface area contributed by atoms with Gasteiger partial charge < -0.3 is 10.1 Å². The Hall–Kier alpha value is -1.32. The molecule has 0 atom stereocenters. The van der Waals surface area contributed by atoms with Crippen LogP contribution in [0.2, 0.25) is 0 Å². The van der Waals surface area contributed by atoms with Gasteiger partial charge in [0.25, 0.3) is 0 Å². The Bertz CT molecular complexity index is 439. The zero-order valence-electron chi connectivity index (χ0n) is 9.98. The quantitative estimate of drug-likeness (QED) is 0.792. The summed E-state index contributed by atoms with van der Waals surface area (Å²) in [5.41, 5.74) is 1.21. The lowest BCUT2D eigenvalue weighted by atomic mass is 10.2. The average Bonchev–Trinajstić information content (AvgIpc) is 2.88. The SMILES string of the molecule is COc1ccccc1CNCCc1cccs1. The van der Waals surface area contributed by atoms with Gasteiger partial charge >= 0.3 is 0 Å². The summed E-state index contributed by atoms with van der Waals surface area (Å²) in [6.07, 6.45) is 1.09. The van der Waals surface area contributed by atoms with Crippen LogP contribution in [-0.4, -0.2) is 13.7 Å². The monoisotopic (exact) mass is 247 g/mol. The first-order valence-electron chi connectivity index (χ1n) is 5.75. The van der Waals surface area contributed by atoms with Gasteiger partial charge in [0, 0.05) is 23.5 Å². The zero-order valence-corrected chi connectivity index (χ0v) is 10.8. The Labute approximate surface area is 106 Å². The van der Waals surface area contributed by atoms with Gasteiger partial charge in [0.2, 0.25) is 0 Å². The van der Waals surface area contributed by atoms with E-state index in [-0.39, 0.29) is 0 Å². The number of rotatable bonds is 6. The molecule has 2 rings (SSSR count). The number of ether oxygens (including phenoxy) is 1. The molecule has 2 nitrogen and oxygen atoms in total. The summed E-state index contributed by atoms with van der Waals surface area (Å²) in [7, 11) is 1.71. The topological polar surface area (TPSA) is 21.3 Å². The van der Waals surface area contributed by atoms with E-state index in [4.69, 9.17) is 4.74 Å². The van der Waals surface area contributed by atoms with E-state index in [2.05, 4.69) is 28.9 Å². The third-order valence-corrected chi connectivity index (χ3v) is 3.57. The van der Waals surface area contributed by atoms with Crippen molar-refractivity contribution in [1.82, 2.24) is 5.32 Å². The van der Waals surface area contributed by atoms with Crippen LogP contribution < -0.4 is 10.1 Å². The van der Waals surface area contributed by atoms with Gasteiger partial charge in [0.05, 0.1) is 7.11 Å². The van der Waals surface area contributed by atoms with Gasteiger partial charge in [-0.2, -0.15) is 0 Å². The van der Waals surface area contributed by atoms with Crippen molar-refractivity contribution < 1.29 is 4.74 Å². The molecule has 3 heteroatoms. The van der Waals surface area contributed by atoms with Gasteiger partial charge in [0.1, 0.15) is 5.75 Å². The number of benzene rings is 1. The fourth-order valence-corrected chi connectivity index (χ4v) is 2.45. The molecular weight excluding hydrogens is 230 g/mol. The second-order valence-corrected chi connectivity index (χ2v) is 4.85. The van der Waals surface area contributed by atoms with Crippen molar-refractivity contribution in [1.29, 1.82) is 0 Å². The normalized spacial score (nSPS) is 10.4. The molecule has 17 heavy (non-hydrogen) atoms. The number of nitrogens with one attached hydrogen (secondary N) is 1. The van der Waals surface area contributed by atoms with Crippen LogP contribution in [0, 0.1) is 0 Å². The average molecular weight is 247 g/mol. The fourth-order valence-electron chi connectivity index (χ4n) is 1.74. The van der Waals surface area contributed by atoms with E-state index in [1.807, 2.05) is 29.5 Å². The maximum absolute atomic E-state index is 5.31. The Morgan fingerprint density at radius 2 is 2.06 bits per heavy atom. The lowest BCUT2D eigenvalue weighted by Gasteiger charge is -2.08. The largest absolute Gasteiger partial charge is 0.496 e. The highest BCUT2D eigenvalue weighted by Crippen LogP contribution is 2.16. The van der Waals surface area contributed by atoms with Crippen molar-refractivity contribution in [3.05, 3.63) is 52.2 Å². The number of para-hydroxylation sites is 1. The number of hydrogen-bond donors (Lipinski definition) is 1. The van der Waals surface area contributed by atoms with Gasteiger partial charge in [-0.25, -0.2) is 0 Å². The lowest BCUT2D eigenvalue weighted by Crippen LogP contribution is -2.16. The van der Waals surface area contributed by atoms with Crippen LogP contribution in [-0.2, 0) is 13.0 Å². The molecular formula is C14H17NOS. The molecule has 0 unspecified atom stereocenters. The van der Waals surface area contributed by atoms with E-state index in [0.29, 0.717) is 0 Å². The van der Waals surface area contributed by atoms with Crippen LogP contribution >= 0.6 is 11.3 Å². The second kappa shape index (κ2) is 6.42. The number of methoxy groups -OCH3 is 1. The van der Waals surface area contributed by atoms with Gasteiger partial charge in [0.15, 0.2) is 0 Å². The van der Waals surface area contributed by atoms with E-state index in [0.717, 1.165) is 25.3 Å². The number of hydrogen-bond acceptors (Lipinski definition) is 3.